The first-order valence-corrected chi connectivity index (χ1v) is 17.3. The monoisotopic (exact) mass is 673 g/mol. The number of nitrogens with one attached hydrogen (secondary N) is 1. The Kier molecular flexibility index (Phi) is 10.3. The van der Waals surface area contributed by atoms with Crippen LogP contribution >= 0.6 is 11.6 Å². The fraction of sp³-hybridized carbons (Fsp3) is 0.571. The van der Waals surface area contributed by atoms with Crippen LogP contribution in [0.15, 0.2) is 42.5 Å². The van der Waals surface area contributed by atoms with Crippen molar-refractivity contribution in [2.45, 2.75) is 82.6 Å². The lowest BCUT2D eigenvalue weighted by Gasteiger charge is -2.41. The fourth-order valence-electron chi connectivity index (χ4n) is 7.73. The number of rotatable bonds is 7. The molecule has 0 spiro atoms. The largest absolute Gasteiger partial charge is 0.417 e. The smallest absolute Gasteiger partial charge is 0.343 e. The average Bonchev–Trinajstić information content (AvgIpc) is 3.08. The van der Waals surface area contributed by atoms with E-state index in [1.807, 2.05) is 29.2 Å². The van der Waals surface area contributed by atoms with Crippen LogP contribution in [0.5, 0.6) is 0 Å². The van der Waals surface area contributed by atoms with Crippen LogP contribution in [0, 0.1) is 5.92 Å². The van der Waals surface area contributed by atoms with E-state index in [4.69, 9.17) is 11.6 Å². The van der Waals surface area contributed by atoms with Gasteiger partial charge in [-0.05, 0) is 87.4 Å². The first-order valence-electron chi connectivity index (χ1n) is 16.9. The summed E-state index contributed by atoms with van der Waals surface area (Å²) in [5, 5.41) is 2.56. The number of para-hydroxylation sites is 1. The number of urea groups is 1. The third-order valence-electron chi connectivity index (χ3n) is 10.4. The van der Waals surface area contributed by atoms with E-state index in [1.165, 1.54) is 31.4 Å². The highest BCUT2D eigenvalue weighted by atomic mass is 35.5. The Morgan fingerprint density at radius 2 is 1.53 bits per heavy atom. The SMILES string of the molecule is O=C(CC(Cc1ccc(Cl)c(C(F)(F)F)c1)C(=O)N1CCC(N2CCCCC2)CC1)N1CCC(N2Cc3ccccc3NC2=O)CC1. The number of alkyl halides is 3. The van der Waals surface area contributed by atoms with E-state index < -0.39 is 22.7 Å². The van der Waals surface area contributed by atoms with Gasteiger partial charge < -0.3 is 24.9 Å². The predicted octanol–water partition coefficient (Wildman–Crippen LogP) is 6.42. The molecule has 12 heteroatoms. The van der Waals surface area contributed by atoms with E-state index >= 15 is 0 Å². The van der Waals surface area contributed by atoms with E-state index in [1.54, 1.807) is 9.80 Å². The molecule has 1 unspecified atom stereocenters. The Balaban J connectivity index is 1.11. The first kappa shape index (κ1) is 33.6. The minimum Gasteiger partial charge on any atom is -0.343 e. The van der Waals surface area contributed by atoms with Crippen LogP contribution in [-0.2, 0) is 28.7 Å². The van der Waals surface area contributed by atoms with Gasteiger partial charge in [0.1, 0.15) is 0 Å². The van der Waals surface area contributed by atoms with Gasteiger partial charge in [-0.3, -0.25) is 9.59 Å². The molecule has 0 aromatic heterocycles. The second-order valence-corrected chi connectivity index (χ2v) is 13.8. The highest BCUT2D eigenvalue weighted by Gasteiger charge is 2.37. The van der Waals surface area contributed by atoms with Gasteiger partial charge in [-0.25, -0.2) is 4.79 Å². The number of anilines is 1. The van der Waals surface area contributed by atoms with E-state index in [2.05, 4.69) is 10.2 Å². The van der Waals surface area contributed by atoms with Crippen LogP contribution in [-0.4, -0.2) is 88.8 Å². The molecule has 1 N–H and O–H groups in total. The summed E-state index contributed by atoms with van der Waals surface area (Å²) in [6.07, 6.45) is 1.87. The van der Waals surface area contributed by atoms with E-state index in [-0.39, 0.29) is 36.7 Å². The van der Waals surface area contributed by atoms with Crippen molar-refractivity contribution >= 4 is 35.1 Å². The van der Waals surface area contributed by atoms with Crippen molar-refractivity contribution in [1.82, 2.24) is 19.6 Å². The van der Waals surface area contributed by atoms with Crippen molar-refractivity contribution in [1.29, 1.82) is 0 Å². The summed E-state index contributed by atoms with van der Waals surface area (Å²) in [5.74, 6) is -1.17. The number of piperidine rings is 3. The van der Waals surface area contributed by atoms with Gasteiger partial charge in [0, 0.05) is 56.9 Å². The molecule has 0 radical (unpaired) electrons. The summed E-state index contributed by atoms with van der Waals surface area (Å²) >= 11 is 5.88. The molecule has 254 valence electrons. The van der Waals surface area contributed by atoms with Crippen molar-refractivity contribution in [2.75, 3.05) is 44.6 Å². The number of hydrogen-bond acceptors (Lipinski definition) is 4. The topological polar surface area (TPSA) is 76.2 Å². The molecule has 8 nitrogen and oxygen atoms in total. The molecule has 4 aliphatic heterocycles. The normalized spacial score (nSPS) is 20.9. The van der Waals surface area contributed by atoms with Gasteiger partial charge in [0.15, 0.2) is 0 Å². The lowest BCUT2D eigenvalue weighted by molar-refractivity contribution is -0.143. The van der Waals surface area contributed by atoms with Crippen molar-refractivity contribution < 1.29 is 27.6 Å². The molecule has 2 aromatic carbocycles. The summed E-state index contributed by atoms with van der Waals surface area (Å²) in [4.78, 5) is 48.4. The Labute approximate surface area is 279 Å². The van der Waals surface area contributed by atoms with Crippen molar-refractivity contribution in [3.63, 3.8) is 0 Å². The van der Waals surface area contributed by atoms with E-state index in [0.29, 0.717) is 57.2 Å². The zero-order valence-corrected chi connectivity index (χ0v) is 27.4. The molecule has 0 saturated carbocycles. The molecule has 3 saturated heterocycles. The van der Waals surface area contributed by atoms with Crippen molar-refractivity contribution in [3.05, 3.63) is 64.2 Å². The predicted molar refractivity (Wildman–Crippen MR) is 174 cm³/mol. The number of likely N-dealkylation sites (tertiary alicyclic amines) is 3. The number of nitrogens with zero attached hydrogens (tertiary/aromatic N) is 4. The molecule has 6 rings (SSSR count). The second-order valence-electron chi connectivity index (χ2n) is 13.4. The number of carbonyl (C=O) groups excluding carboxylic acids is 3. The third kappa shape index (κ3) is 7.88. The zero-order valence-electron chi connectivity index (χ0n) is 26.6. The summed E-state index contributed by atoms with van der Waals surface area (Å²) in [7, 11) is 0. The minimum absolute atomic E-state index is 0.0146. The van der Waals surface area contributed by atoms with E-state index in [0.717, 1.165) is 43.2 Å². The number of amides is 4. The first-order chi connectivity index (χ1) is 22.6. The van der Waals surface area contributed by atoms with Crippen LogP contribution in [0.1, 0.15) is 68.1 Å². The van der Waals surface area contributed by atoms with Crippen LogP contribution in [0.3, 0.4) is 0 Å². The molecule has 3 fully saturated rings. The molecular formula is C35H43ClF3N5O3. The van der Waals surface area contributed by atoms with Crippen LogP contribution in [0.25, 0.3) is 0 Å². The van der Waals surface area contributed by atoms with Gasteiger partial charge in [-0.15, -0.1) is 0 Å². The number of carbonyl (C=O) groups is 3. The van der Waals surface area contributed by atoms with Gasteiger partial charge in [0.25, 0.3) is 0 Å². The van der Waals surface area contributed by atoms with Gasteiger partial charge in [-0.2, -0.15) is 13.2 Å². The number of benzene rings is 2. The Morgan fingerprint density at radius 1 is 0.872 bits per heavy atom. The molecule has 4 amide bonds. The highest BCUT2D eigenvalue weighted by molar-refractivity contribution is 6.31. The van der Waals surface area contributed by atoms with Gasteiger partial charge in [0.2, 0.25) is 11.8 Å². The second kappa shape index (κ2) is 14.4. The third-order valence-corrected chi connectivity index (χ3v) is 10.7. The molecule has 0 bridgehead atoms. The zero-order chi connectivity index (χ0) is 33.1. The summed E-state index contributed by atoms with van der Waals surface area (Å²) in [5.41, 5.74) is 1.24. The maximum absolute atomic E-state index is 14.0. The highest BCUT2D eigenvalue weighted by Crippen LogP contribution is 2.36. The quantitative estimate of drug-likeness (QED) is 0.368. The van der Waals surface area contributed by atoms with Gasteiger partial charge in [0.05, 0.1) is 16.5 Å². The molecule has 2 aromatic rings. The van der Waals surface area contributed by atoms with Crippen LogP contribution in [0.2, 0.25) is 5.02 Å². The van der Waals surface area contributed by atoms with Gasteiger partial charge >= 0.3 is 12.2 Å². The average molecular weight is 674 g/mol. The molecule has 1 atom stereocenters. The number of halogens is 4. The minimum atomic E-state index is -4.63. The van der Waals surface area contributed by atoms with Crippen molar-refractivity contribution in [3.8, 4) is 0 Å². The molecule has 4 aliphatic rings. The van der Waals surface area contributed by atoms with Crippen LogP contribution < -0.4 is 5.32 Å². The maximum atomic E-state index is 14.0. The van der Waals surface area contributed by atoms with Crippen molar-refractivity contribution in [2.24, 2.45) is 5.92 Å². The summed E-state index contributed by atoms with van der Waals surface area (Å²) in [6.45, 7) is 4.71. The molecule has 47 heavy (non-hydrogen) atoms. The maximum Gasteiger partial charge on any atom is 0.417 e. The van der Waals surface area contributed by atoms with Gasteiger partial charge in [-0.1, -0.05) is 42.3 Å². The molecule has 4 heterocycles. The lowest BCUT2D eigenvalue weighted by atomic mass is 9.91. The van der Waals surface area contributed by atoms with E-state index in [9.17, 15) is 27.6 Å². The summed E-state index contributed by atoms with van der Waals surface area (Å²) in [6, 6.07) is 11.7. The Bertz CT molecular complexity index is 1450. The number of fused-ring (bicyclic) bond motifs is 1. The number of hydrogen-bond donors (Lipinski definition) is 1. The standard InChI is InChI=1S/C35H43ClF3N5O3/c36-30-9-8-24(21-29(30)35(37,38)39)20-26(33(46)43-18-10-27(11-19-43)41-14-4-1-5-15-41)22-32(45)42-16-12-28(13-17-42)44-23-25-6-2-3-7-31(25)40-34(44)47/h2-3,6-9,21,26-28H,1,4-5,10-20,22-23H2,(H,40,47). The van der Waals surface area contributed by atoms with Crippen LogP contribution in [0.4, 0.5) is 23.7 Å². The molecule has 0 aliphatic carbocycles. The Morgan fingerprint density at radius 3 is 2.23 bits per heavy atom. The fourth-order valence-corrected chi connectivity index (χ4v) is 7.95. The Hall–Kier alpha value is -3.31. The summed E-state index contributed by atoms with van der Waals surface area (Å²) < 4.78 is 41.0. The lowest BCUT2D eigenvalue weighted by Crippen LogP contribution is -2.52. The molecular weight excluding hydrogens is 631 g/mol.